The monoisotopic (exact) mass is 571 g/mol. The topological polar surface area (TPSA) is 105 Å². The number of nitrogens with one attached hydrogen (secondary N) is 1. The van der Waals surface area contributed by atoms with Gasteiger partial charge in [0.25, 0.3) is 17.7 Å². The van der Waals surface area contributed by atoms with Gasteiger partial charge in [0, 0.05) is 54.7 Å². The van der Waals surface area contributed by atoms with Gasteiger partial charge in [-0.1, -0.05) is 23.7 Å². The molecule has 0 aliphatic carbocycles. The van der Waals surface area contributed by atoms with E-state index in [-0.39, 0.29) is 30.0 Å². The zero-order valence-electron chi connectivity index (χ0n) is 23.1. The molecule has 4 heterocycles. The lowest BCUT2D eigenvalue weighted by Crippen LogP contribution is -2.39. The molecule has 3 amide bonds. The molecule has 0 saturated heterocycles. The summed E-state index contributed by atoms with van der Waals surface area (Å²) in [5.74, 6) is -0.728. The van der Waals surface area contributed by atoms with Crippen LogP contribution in [-0.4, -0.2) is 62.3 Å². The van der Waals surface area contributed by atoms with Crippen molar-refractivity contribution < 1.29 is 14.4 Å². The molecule has 0 atom stereocenters. The fraction of sp³-hybridized carbons (Fsp3) is 0.300. The number of carbonyl (C=O) groups excluding carboxylic acids is 3. The van der Waals surface area contributed by atoms with Gasteiger partial charge in [0.05, 0.1) is 17.9 Å². The second kappa shape index (κ2) is 10.5. The Bertz CT molecular complexity index is 1690. The van der Waals surface area contributed by atoms with E-state index in [0.29, 0.717) is 52.7 Å². The molecule has 0 unspecified atom stereocenters. The molecule has 0 spiro atoms. The van der Waals surface area contributed by atoms with Crippen LogP contribution in [0.3, 0.4) is 0 Å². The van der Waals surface area contributed by atoms with Gasteiger partial charge in [-0.3, -0.25) is 19.1 Å². The Morgan fingerprint density at radius 3 is 2.56 bits per heavy atom. The summed E-state index contributed by atoms with van der Waals surface area (Å²) < 4.78 is 3.25. The highest BCUT2D eigenvalue weighted by atomic mass is 35.5. The van der Waals surface area contributed by atoms with Gasteiger partial charge in [0.1, 0.15) is 5.69 Å². The van der Waals surface area contributed by atoms with Gasteiger partial charge in [-0.2, -0.15) is 10.2 Å². The number of carbonyl (C=O) groups is 3. The van der Waals surface area contributed by atoms with Gasteiger partial charge >= 0.3 is 0 Å². The molecule has 41 heavy (non-hydrogen) atoms. The van der Waals surface area contributed by atoms with E-state index in [0.717, 1.165) is 29.8 Å². The summed E-state index contributed by atoms with van der Waals surface area (Å²) in [5.41, 5.74) is 5.59. The van der Waals surface area contributed by atoms with Gasteiger partial charge in [0.2, 0.25) is 0 Å². The molecule has 10 nitrogen and oxygen atoms in total. The lowest BCUT2D eigenvalue weighted by Gasteiger charge is -2.28. The molecule has 4 aromatic rings. The van der Waals surface area contributed by atoms with Gasteiger partial charge < -0.3 is 15.1 Å². The molecule has 1 N–H and O–H groups in total. The van der Waals surface area contributed by atoms with Crippen LogP contribution in [0.25, 0.3) is 5.69 Å². The first kappa shape index (κ1) is 26.8. The third kappa shape index (κ3) is 4.88. The standard InChI is InChI=1S/C30H30ClN7O3/c1-18-14-21(33-36(18)3)17-32-28(39)26-24-11-13-37(22-10-9-19-6-5-12-35(2)29(40)25(19)16-22)30(41)27(24)38(34-26)23-8-4-7-20(31)15-23/h4,7-10,14-16H,5-6,11-13,17H2,1-3H3,(H,32,39). The number of anilines is 1. The normalized spacial score (nSPS) is 15.0. The molecule has 2 aliphatic rings. The van der Waals surface area contributed by atoms with E-state index in [4.69, 9.17) is 11.6 Å². The maximum Gasteiger partial charge on any atom is 0.277 e. The van der Waals surface area contributed by atoms with Crippen LogP contribution in [0.4, 0.5) is 5.69 Å². The van der Waals surface area contributed by atoms with Gasteiger partial charge in [-0.05, 0) is 68.1 Å². The molecule has 0 radical (unpaired) electrons. The molecule has 0 fully saturated rings. The first-order valence-electron chi connectivity index (χ1n) is 13.6. The van der Waals surface area contributed by atoms with Crippen molar-refractivity contribution in [1.29, 1.82) is 0 Å². The van der Waals surface area contributed by atoms with E-state index in [1.807, 2.05) is 38.2 Å². The molecule has 6 rings (SSSR count). The molecule has 210 valence electrons. The number of hydrogen-bond acceptors (Lipinski definition) is 5. The number of hydrogen-bond donors (Lipinski definition) is 1. The molecular weight excluding hydrogens is 542 g/mol. The first-order valence-corrected chi connectivity index (χ1v) is 13.9. The summed E-state index contributed by atoms with van der Waals surface area (Å²) in [5, 5.41) is 12.4. The molecule has 2 aliphatic heterocycles. The number of nitrogens with zero attached hydrogens (tertiary/aromatic N) is 6. The van der Waals surface area contributed by atoms with Crippen LogP contribution in [0.2, 0.25) is 5.02 Å². The van der Waals surface area contributed by atoms with Crippen molar-refractivity contribution in [3.8, 4) is 5.69 Å². The molecule has 0 bridgehead atoms. The summed E-state index contributed by atoms with van der Waals surface area (Å²) in [6.07, 6.45) is 2.12. The number of rotatable bonds is 5. The summed E-state index contributed by atoms with van der Waals surface area (Å²) in [7, 11) is 3.65. The van der Waals surface area contributed by atoms with E-state index in [9.17, 15) is 14.4 Å². The van der Waals surface area contributed by atoms with Crippen LogP contribution in [0.1, 0.15) is 60.3 Å². The van der Waals surface area contributed by atoms with E-state index < -0.39 is 0 Å². The minimum atomic E-state index is -0.384. The number of halogens is 1. The average Bonchev–Trinajstić information content (AvgIpc) is 3.47. The van der Waals surface area contributed by atoms with E-state index in [1.54, 1.807) is 45.8 Å². The van der Waals surface area contributed by atoms with E-state index in [2.05, 4.69) is 15.5 Å². The Morgan fingerprint density at radius 1 is 0.976 bits per heavy atom. The van der Waals surface area contributed by atoms with Crippen LogP contribution in [0.15, 0.2) is 48.5 Å². The fourth-order valence-electron chi connectivity index (χ4n) is 5.52. The molecule has 2 aromatic heterocycles. The van der Waals surface area contributed by atoms with Crippen LogP contribution >= 0.6 is 11.6 Å². The van der Waals surface area contributed by atoms with Gasteiger partial charge in [0.15, 0.2) is 5.69 Å². The Labute approximate surface area is 242 Å². The molecule has 0 saturated carbocycles. The number of aryl methyl sites for hydroxylation is 3. The highest BCUT2D eigenvalue weighted by molar-refractivity contribution is 6.30. The first-order chi connectivity index (χ1) is 19.7. The largest absolute Gasteiger partial charge is 0.345 e. The van der Waals surface area contributed by atoms with Gasteiger partial charge in [-0.25, -0.2) is 4.68 Å². The smallest absolute Gasteiger partial charge is 0.277 e. The Hall–Kier alpha value is -4.44. The summed E-state index contributed by atoms with van der Waals surface area (Å²) in [6, 6.07) is 14.6. The molecular formula is C30H30ClN7O3. The van der Waals surface area contributed by atoms with Crippen molar-refractivity contribution in [3.05, 3.63) is 93.0 Å². The van der Waals surface area contributed by atoms with Gasteiger partial charge in [-0.15, -0.1) is 0 Å². The second-order valence-electron chi connectivity index (χ2n) is 10.5. The van der Waals surface area contributed by atoms with Crippen molar-refractivity contribution in [3.63, 3.8) is 0 Å². The van der Waals surface area contributed by atoms with Crippen molar-refractivity contribution in [2.75, 3.05) is 25.0 Å². The summed E-state index contributed by atoms with van der Waals surface area (Å²) in [6.45, 7) is 3.21. The SMILES string of the molecule is Cc1cc(CNC(=O)c2nn(-c3cccc(Cl)c3)c3c2CCN(c2ccc4c(c2)C(=O)N(C)CCC4)C3=O)nn1C. The van der Waals surface area contributed by atoms with E-state index >= 15 is 0 Å². The Kier molecular flexibility index (Phi) is 6.86. The van der Waals surface area contributed by atoms with E-state index in [1.165, 1.54) is 4.68 Å². The number of fused-ring (bicyclic) bond motifs is 2. The summed E-state index contributed by atoms with van der Waals surface area (Å²) in [4.78, 5) is 43.9. The number of aromatic nitrogens is 4. The fourth-order valence-corrected chi connectivity index (χ4v) is 5.71. The van der Waals surface area contributed by atoms with Crippen LogP contribution < -0.4 is 10.2 Å². The summed E-state index contributed by atoms with van der Waals surface area (Å²) >= 11 is 6.29. The average molecular weight is 572 g/mol. The quantitative estimate of drug-likeness (QED) is 0.393. The zero-order chi connectivity index (χ0) is 28.8. The molecule has 2 aromatic carbocycles. The number of amides is 3. The lowest BCUT2D eigenvalue weighted by molar-refractivity contribution is 0.0799. The third-order valence-corrected chi connectivity index (χ3v) is 8.04. The maximum absolute atomic E-state index is 14.1. The number of benzene rings is 2. The molecule has 11 heteroatoms. The van der Waals surface area contributed by atoms with Crippen molar-refractivity contribution >= 4 is 35.0 Å². The van der Waals surface area contributed by atoms with Crippen LogP contribution in [0, 0.1) is 6.92 Å². The van der Waals surface area contributed by atoms with Crippen molar-refractivity contribution in [1.82, 2.24) is 29.8 Å². The van der Waals surface area contributed by atoms with Crippen molar-refractivity contribution in [2.45, 2.75) is 32.7 Å². The maximum atomic E-state index is 14.1. The zero-order valence-corrected chi connectivity index (χ0v) is 23.9. The highest BCUT2D eigenvalue weighted by Crippen LogP contribution is 2.31. The Balaban J connectivity index is 1.37. The van der Waals surface area contributed by atoms with Crippen molar-refractivity contribution in [2.24, 2.45) is 7.05 Å². The predicted octanol–water partition coefficient (Wildman–Crippen LogP) is 3.72. The lowest BCUT2D eigenvalue weighted by atomic mass is 9.99. The predicted molar refractivity (Wildman–Crippen MR) is 155 cm³/mol. The van der Waals surface area contributed by atoms with Crippen LogP contribution in [0.5, 0.6) is 0 Å². The van der Waals surface area contributed by atoms with Crippen LogP contribution in [-0.2, 0) is 26.4 Å². The highest BCUT2D eigenvalue weighted by Gasteiger charge is 2.35. The Morgan fingerprint density at radius 2 is 1.80 bits per heavy atom. The minimum Gasteiger partial charge on any atom is -0.345 e. The second-order valence-corrected chi connectivity index (χ2v) is 11.0. The third-order valence-electron chi connectivity index (χ3n) is 7.80. The minimum absolute atomic E-state index is 0.0458.